The summed E-state index contributed by atoms with van der Waals surface area (Å²) in [6.07, 6.45) is 3.10. The zero-order valence-electron chi connectivity index (χ0n) is 9.61. The summed E-state index contributed by atoms with van der Waals surface area (Å²) in [6.45, 7) is 1.89. The summed E-state index contributed by atoms with van der Waals surface area (Å²) in [5, 5.41) is 11.2. The van der Waals surface area contributed by atoms with E-state index in [0.29, 0.717) is 23.0 Å². The lowest BCUT2D eigenvalue weighted by atomic mass is 10.2. The van der Waals surface area contributed by atoms with Crippen LogP contribution in [0, 0.1) is 6.92 Å². The van der Waals surface area contributed by atoms with E-state index in [-0.39, 0.29) is 0 Å². The van der Waals surface area contributed by atoms with Gasteiger partial charge in [0, 0.05) is 11.3 Å². The van der Waals surface area contributed by atoms with Gasteiger partial charge in [-0.2, -0.15) is 4.52 Å². The van der Waals surface area contributed by atoms with Crippen molar-refractivity contribution in [2.24, 2.45) is 0 Å². The minimum Gasteiger partial charge on any atom is -0.437 e. The summed E-state index contributed by atoms with van der Waals surface area (Å²) in [6, 6.07) is 5.47. The van der Waals surface area contributed by atoms with Crippen LogP contribution in [0.4, 0.5) is 5.69 Å². The van der Waals surface area contributed by atoms with Crippen molar-refractivity contribution in [3.8, 4) is 11.6 Å². The van der Waals surface area contributed by atoms with Crippen molar-refractivity contribution in [3.63, 3.8) is 0 Å². The molecule has 90 valence electrons. The summed E-state index contributed by atoms with van der Waals surface area (Å²) < 4.78 is 7.21. The number of tetrazole rings is 1. The van der Waals surface area contributed by atoms with E-state index in [0.717, 1.165) is 5.56 Å². The van der Waals surface area contributed by atoms with Crippen LogP contribution in [0.15, 0.2) is 30.6 Å². The minimum absolute atomic E-state index is 0.436. The quantitative estimate of drug-likeness (QED) is 0.679. The van der Waals surface area contributed by atoms with E-state index in [9.17, 15) is 0 Å². The Balaban J connectivity index is 2.06. The monoisotopic (exact) mass is 242 g/mol. The lowest BCUT2D eigenvalue weighted by Crippen LogP contribution is -1.99. The highest BCUT2D eigenvalue weighted by atomic mass is 16.5. The first-order valence-electron chi connectivity index (χ1n) is 5.31. The van der Waals surface area contributed by atoms with Gasteiger partial charge < -0.3 is 10.5 Å². The van der Waals surface area contributed by atoms with Crippen LogP contribution in [0.3, 0.4) is 0 Å². The van der Waals surface area contributed by atoms with E-state index < -0.39 is 0 Å². The molecule has 0 radical (unpaired) electrons. The largest absolute Gasteiger partial charge is 0.437 e. The van der Waals surface area contributed by atoms with Crippen LogP contribution in [0.2, 0.25) is 0 Å². The van der Waals surface area contributed by atoms with Crippen molar-refractivity contribution in [3.05, 3.63) is 36.2 Å². The molecular weight excluding hydrogens is 232 g/mol. The lowest BCUT2D eigenvalue weighted by Gasteiger charge is -2.09. The SMILES string of the molecule is Cc1c(N)cccc1Oc1cncc2nnnn12. The van der Waals surface area contributed by atoms with Gasteiger partial charge in [-0.3, -0.25) is 4.98 Å². The van der Waals surface area contributed by atoms with Crippen molar-refractivity contribution in [1.29, 1.82) is 0 Å². The molecule has 2 aromatic heterocycles. The van der Waals surface area contributed by atoms with Gasteiger partial charge in [0.2, 0.25) is 11.5 Å². The Morgan fingerprint density at radius 1 is 1.28 bits per heavy atom. The average Bonchev–Trinajstić information content (AvgIpc) is 2.84. The minimum atomic E-state index is 0.436. The average molecular weight is 242 g/mol. The van der Waals surface area contributed by atoms with Gasteiger partial charge in [0.1, 0.15) is 5.75 Å². The van der Waals surface area contributed by atoms with Gasteiger partial charge in [0.05, 0.1) is 12.4 Å². The third kappa shape index (κ3) is 1.61. The van der Waals surface area contributed by atoms with Crippen molar-refractivity contribution < 1.29 is 4.74 Å². The first kappa shape index (κ1) is 10.5. The van der Waals surface area contributed by atoms with Crippen molar-refractivity contribution >= 4 is 11.3 Å². The smallest absolute Gasteiger partial charge is 0.242 e. The van der Waals surface area contributed by atoms with Crippen LogP contribution in [-0.4, -0.2) is 25.0 Å². The van der Waals surface area contributed by atoms with Crippen molar-refractivity contribution in [2.45, 2.75) is 6.92 Å². The Labute approximate surface area is 102 Å². The predicted octanol–water partition coefficient (Wildman–Crippen LogP) is 1.20. The molecule has 0 aliphatic heterocycles. The topological polar surface area (TPSA) is 91.2 Å². The van der Waals surface area contributed by atoms with Gasteiger partial charge >= 0.3 is 0 Å². The second-order valence-electron chi connectivity index (χ2n) is 3.77. The fourth-order valence-corrected chi connectivity index (χ4v) is 1.58. The second kappa shape index (κ2) is 3.95. The van der Waals surface area contributed by atoms with E-state index in [2.05, 4.69) is 20.5 Å². The molecule has 18 heavy (non-hydrogen) atoms. The zero-order valence-corrected chi connectivity index (χ0v) is 9.61. The Morgan fingerprint density at radius 2 is 2.17 bits per heavy atom. The van der Waals surface area contributed by atoms with Gasteiger partial charge in [0.15, 0.2) is 0 Å². The van der Waals surface area contributed by atoms with Crippen LogP contribution in [-0.2, 0) is 0 Å². The molecule has 0 saturated carbocycles. The van der Waals surface area contributed by atoms with Crippen LogP contribution >= 0.6 is 0 Å². The van der Waals surface area contributed by atoms with Crippen LogP contribution in [0.5, 0.6) is 11.6 Å². The molecular formula is C11H10N6O. The summed E-state index contributed by atoms with van der Waals surface area (Å²) in [5.74, 6) is 1.09. The molecule has 3 aromatic rings. The van der Waals surface area contributed by atoms with Crippen LogP contribution < -0.4 is 10.5 Å². The molecule has 0 fully saturated rings. The molecule has 0 amide bonds. The zero-order chi connectivity index (χ0) is 12.5. The number of benzene rings is 1. The molecule has 0 bridgehead atoms. The standard InChI is InChI=1S/C11H10N6O/c1-7-8(12)3-2-4-9(7)18-11-6-13-5-10-14-15-16-17(10)11/h2-6H,12H2,1H3. The van der Waals surface area contributed by atoms with E-state index in [1.54, 1.807) is 12.4 Å². The predicted molar refractivity (Wildman–Crippen MR) is 64.2 cm³/mol. The Bertz CT molecular complexity index is 708. The maximum absolute atomic E-state index is 5.82. The fourth-order valence-electron chi connectivity index (χ4n) is 1.58. The summed E-state index contributed by atoms with van der Waals surface area (Å²) in [5.41, 5.74) is 7.88. The van der Waals surface area contributed by atoms with E-state index in [4.69, 9.17) is 10.5 Å². The number of fused-ring (bicyclic) bond motifs is 1. The van der Waals surface area contributed by atoms with E-state index in [1.165, 1.54) is 4.52 Å². The van der Waals surface area contributed by atoms with Gasteiger partial charge in [-0.05, 0) is 29.5 Å². The molecule has 0 unspecified atom stereocenters. The number of anilines is 1. The van der Waals surface area contributed by atoms with Crippen LogP contribution in [0.1, 0.15) is 5.56 Å². The molecule has 0 aliphatic carbocycles. The number of hydrogen-bond donors (Lipinski definition) is 1. The number of hydrogen-bond acceptors (Lipinski definition) is 6. The maximum atomic E-state index is 5.82. The summed E-state index contributed by atoms with van der Waals surface area (Å²) in [7, 11) is 0. The van der Waals surface area contributed by atoms with Gasteiger partial charge in [-0.15, -0.1) is 5.10 Å². The first-order valence-corrected chi connectivity index (χ1v) is 5.31. The third-order valence-corrected chi connectivity index (χ3v) is 2.62. The highest BCUT2D eigenvalue weighted by Crippen LogP contribution is 2.27. The molecule has 7 nitrogen and oxygen atoms in total. The molecule has 3 rings (SSSR count). The number of rotatable bonds is 2. The Morgan fingerprint density at radius 3 is 3.06 bits per heavy atom. The van der Waals surface area contributed by atoms with Crippen LogP contribution in [0.25, 0.3) is 5.65 Å². The Hall–Kier alpha value is -2.70. The number of aromatic nitrogens is 5. The van der Waals surface area contributed by atoms with E-state index >= 15 is 0 Å². The highest BCUT2D eigenvalue weighted by Gasteiger charge is 2.08. The Kier molecular flexibility index (Phi) is 2.30. The molecule has 0 atom stereocenters. The number of ether oxygens (including phenoxy) is 1. The van der Waals surface area contributed by atoms with Crippen molar-refractivity contribution in [2.75, 3.05) is 5.73 Å². The third-order valence-electron chi connectivity index (χ3n) is 2.62. The molecule has 2 heterocycles. The van der Waals surface area contributed by atoms with Gasteiger partial charge in [0.25, 0.3) is 0 Å². The molecule has 1 aromatic carbocycles. The summed E-state index contributed by atoms with van der Waals surface area (Å²) in [4.78, 5) is 4.01. The van der Waals surface area contributed by atoms with Gasteiger partial charge in [-0.25, -0.2) is 0 Å². The molecule has 7 heteroatoms. The van der Waals surface area contributed by atoms with Gasteiger partial charge in [-0.1, -0.05) is 6.07 Å². The lowest BCUT2D eigenvalue weighted by molar-refractivity contribution is 0.439. The summed E-state index contributed by atoms with van der Waals surface area (Å²) >= 11 is 0. The first-order chi connectivity index (χ1) is 8.75. The highest BCUT2D eigenvalue weighted by molar-refractivity contribution is 5.54. The fraction of sp³-hybridized carbons (Fsp3) is 0.0909. The second-order valence-corrected chi connectivity index (χ2v) is 3.77. The number of nitrogens with two attached hydrogens (primary N) is 1. The normalized spacial score (nSPS) is 10.7. The molecule has 0 aliphatic rings. The molecule has 0 spiro atoms. The number of nitrogen functional groups attached to an aromatic ring is 1. The number of nitrogens with zero attached hydrogens (tertiary/aromatic N) is 5. The van der Waals surface area contributed by atoms with Crippen molar-refractivity contribution in [1.82, 2.24) is 25.0 Å². The molecule has 2 N–H and O–H groups in total. The van der Waals surface area contributed by atoms with E-state index in [1.807, 2.05) is 25.1 Å². The molecule has 0 saturated heterocycles. The maximum Gasteiger partial charge on any atom is 0.242 e.